The Morgan fingerprint density at radius 3 is 2.16 bits per heavy atom. The first kappa shape index (κ1) is 35.4. The molecule has 0 radical (unpaired) electrons. The van der Waals surface area contributed by atoms with E-state index in [1.807, 2.05) is 0 Å². The number of amides is 1. The van der Waals surface area contributed by atoms with Crippen LogP contribution in [-0.2, 0) is 25.9 Å². The van der Waals surface area contributed by atoms with Crippen LogP contribution in [0.4, 0.5) is 13.2 Å². The Hall–Kier alpha value is -4.92. The van der Waals surface area contributed by atoms with Gasteiger partial charge in [0.05, 0.1) is 17.3 Å². The number of hydrogen-bond acceptors (Lipinski definition) is 9. The number of hydrogen-bond donors (Lipinski definition) is 3. The summed E-state index contributed by atoms with van der Waals surface area (Å²) in [5.74, 6) is -0.842. The number of aliphatic hydroxyl groups is 1. The Balaban J connectivity index is 1.45. The molecule has 0 spiro atoms. The van der Waals surface area contributed by atoms with Crippen molar-refractivity contribution in [1.29, 1.82) is 0 Å². The number of carbonyl (C=O) groups excluding carboxylic acids is 1. The van der Waals surface area contributed by atoms with Crippen molar-refractivity contribution in [3.63, 3.8) is 0 Å². The van der Waals surface area contributed by atoms with Crippen LogP contribution in [0.15, 0.2) is 119 Å². The van der Waals surface area contributed by atoms with Crippen LogP contribution < -0.4 is 20.3 Å². The molecule has 258 valence electrons. The molecule has 1 aliphatic rings. The molecule has 1 amide bonds. The molecule has 0 saturated heterocycles. The summed E-state index contributed by atoms with van der Waals surface area (Å²) in [6, 6.07) is 28.6. The van der Waals surface area contributed by atoms with Gasteiger partial charge in [-0.2, -0.15) is 0 Å². The Morgan fingerprint density at radius 2 is 1.53 bits per heavy atom. The van der Waals surface area contributed by atoms with Crippen LogP contribution in [-0.4, -0.2) is 56.2 Å². The normalized spacial score (nSPS) is 17.6. The fraction of sp³-hybridized carbons (Fsp3) is 0.257. The van der Waals surface area contributed by atoms with Crippen LogP contribution >= 0.6 is 0 Å². The highest BCUT2D eigenvalue weighted by atomic mass is 32.2. The fourth-order valence-corrected chi connectivity index (χ4v) is 6.56. The highest BCUT2D eigenvalue weighted by molar-refractivity contribution is 7.91. The predicted molar refractivity (Wildman–Crippen MR) is 174 cm³/mol. The number of aliphatic imine (C=N–C) groups is 1. The molecule has 2 atom stereocenters. The monoisotopic (exact) mass is 697 g/mol. The van der Waals surface area contributed by atoms with E-state index in [1.54, 1.807) is 72.8 Å². The van der Waals surface area contributed by atoms with Crippen molar-refractivity contribution in [2.75, 3.05) is 19.0 Å². The summed E-state index contributed by atoms with van der Waals surface area (Å²) < 4.78 is 80.5. The third-order valence-electron chi connectivity index (χ3n) is 7.64. The van der Waals surface area contributed by atoms with E-state index in [0.717, 1.165) is 12.1 Å². The van der Waals surface area contributed by atoms with Crippen molar-refractivity contribution < 1.29 is 45.7 Å². The first-order chi connectivity index (χ1) is 23.5. The summed E-state index contributed by atoms with van der Waals surface area (Å²) in [7, 11) is -3.86. The van der Waals surface area contributed by atoms with Gasteiger partial charge in [0.15, 0.2) is 21.5 Å². The van der Waals surface area contributed by atoms with Gasteiger partial charge in [-0.15, -0.1) is 13.2 Å². The smallest absolute Gasteiger partial charge is 0.494 e. The molecular weight excluding hydrogens is 663 g/mol. The van der Waals surface area contributed by atoms with Crippen LogP contribution in [0.25, 0.3) is 0 Å². The summed E-state index contributed by atoms with van der Waals surface area (Å²) >= 11 is 0. The van der Waals surface area contributed by atoms with Crippen molar-refractivity contribution >= 4 is 21.6 Å². The maximum atomic E-state index is 14.2. The minimum Gasteiger partial charge on any atom is -0.494 e. The second kappa shape index (κ2) is 15.5. The number of ether oxygens (including phenoxy) is 3. The van der Waals surface area contributed by atoms with E-state index >= 15 is 0 Å². The van der Waals surface area contributed by atoms with Crippen LogP contribution in [0.2, 0.25) is 0 Å². The molecule has 10 nitrogen and oxygen atoms in total. The minimum atomic E-state index is -4.83. The molecule has 0 aromatic heterocycles. The third kappa shape index (κ3) is 9.16. The maximum absolute atomic E-state index is 14.2. The Labute approximate surface area is 281 Å². The average molecular weight is 698 g/mol. The van der Waals surface area contributed by atoms with Crippen LogP contribution in [0, 0.1) is 0 Å². The van der Waals surface area contributed by atoms with Gasteiger partial charge in [0.1, 0.15) is 11.5 Å². The molecule has 4 aromatic carbocycles. The van der Waals surface area contributed by atoms with Gasteiger partial charge in [-0.05, 0) is 59.7 Å². The standard InChI is InChI=1S/C35H34F3N3O7S/c36-35(37,38)48-29-16-12-25(13-17-29)24-39-41-33(43)34(20-23-49(44,45)30-10-5-2-6-11-30)31(26-8-3-1-4-9-26)47-32(40-34)27-14-18-28(19-15-27)46-22-7-21-42/h1-6,8-19,31,39,42H,7,20-24H2,(H,41,43)/t31-,34-/m0/s1. The van der Waals surface area contributed by atoms with E-state index < -0.39 is 39.5 Å². The number of aliphatic hydroxyl groups excluding tert-OH is 1. The number of carbonyl (C=O) groups is 1. The highest BCUT2D eigenvalue weighted by Crippen LogP contribution is 2.43. The summed E-state index contributed by atoms with van der Waals surface area (Å²) in [6.45, 7) is 0.328. The van der Waals surface area contributed by atoms with Crippen molar-refractivity contribution in [1.82, 2.24) is 10.9 Å². The zero-order chi connectivity index (χ0) is 34.9. The van der Waals surface area contributed by atoms with Gasteiger partial charge < -0.3 is 19.3 Å². The summed E-state index contributed by atoms with van der Waals surface area (Å²) in [5.41, 5.74) is 5.28. The molecule has 14 heteroatoms. The zero-order valence-corrected chi connectivity index (χ0v) is 26.9. The Kier molecular flexibility index (Phi) is 11.2. The Morgan fingerprint density at radius 1 is 0.898 bits per heavy atom. The van der Waals surface area contributed by atoms with Gasteiger partial charge in [0.2, 0.25) is 5.90 Å². The van der Waals surface area contributed by atoms with Crippen molar-refractivity contribution in [3.05, 3.63) is 126 Å². The molecule has 3 N–H and O–H groups in total. The first-order valence-electron chi connectivity index (χ1n) is 15.3. The number of nitrogens with zero attached hydrogens (tertiary/aromatic N) is 1. The quantitative estimate of drug-likeness (QED) is 0.113. The van der Waals surface area contributed by atoms with Crippen LogP contribution in [0.5, 0.6) is 11.5 Å². The van der Waals surface area contributed by atoms with Gasteiger partial charge in [-0.1, -0.05) is 60.7 Å². The van der Waals surface area contributed by atoms with Gasteiger partial charge in [0, 0.05) is 31.6 Å². The Bertz CT molecular complexity index is 1820. The van der Waals surface area contributed by atoms with Crippen molar-refractivity contribution in [2.24, 2.45) is 4.99 Å². The lowest BCUT2D eigenvalue weighted by Crippen LogP contribution is -2.53. The first-order valence-corrected chi connectivity index (χ1v) is 17.0. The number of sulfone groups is 1. The predicted octanol–water partition coefficient (Wildman–Crippen LogP) is 5.29. The zero-order valence-electron chi connectivity index (χ0n) is 26.1. The van der Waals surface area contributed by atoms with E-state index in [2.05, 4.69) is 15.6 Å². The summed E-state index contributed by atoms with van der Waals surface area (Å²) in [4.78, 5) is 19.1. The molecule has 0 bridgehead atoms. The molecule has 1 aliphatic heterocycles. The van der Waals surface area contributed by atoms with Gasteiger partial charge in [0.25, 0.3) is 5.91 Å². The number of hydrazine groups is 1. The van der Waals surface area contributed by atoms with E-state index in [-0.39, 0.29) is 36.1 Å². The highest BCUT2D eigenvalue weighted by Gasteiger charge is 2.53. The molecule has 0 unspecified atom stereocenters. The number of alkyl halides is 3. The number of halogens is 3. The molecule has 4 aromatic rings. The lowest BCUT2D eigenvalue weighted by Gasteiger charge is -2.30. The van der Waals surface area contributed by atoms with E-state index in [1.165, 1.54) is 24.3 Å². The van der Waals surface area contributed by atoms with E-state index in [9.17, 15) is 26.4 Å². The van der Waals surface area contributed by atoms with Gasteiger partial charge >= 0.3 is 6.36 Å². The van der Waals surface area contributed by atoms with Crippen molar-refractivity contribution in [2.45, 2.75) is 42.3 Å². The van der Waals surface area contributed by atoms with Gasteiger partial charge in [-0.3, -0.25) is 10.2 Å². The van der Waals surface area contributed by atoms with Gasteiger partial charge in [-0.25, -0.2) is 18.8 Å². The molecule has 0 fully saturated rings. The minimum absolute atomic E-state index is 0.00814. The van der Waals surface area contributed by atoms with Crippen LogP contribution in [0.1, 0.15) is 35.6 Å². The topological polar surface area (TPSA) is 136 Å². The summed E-state index contributed by atoms with van der Waals surface area (Å²) in [5, 5.41) is 9.03. The van der Waals surface area contributed by atoms with Crippen LogP contribution in [0.3, 0.4) is 0 Å². The fourth-order valence-electron chi connectivity index (χ4n) is 5.18. The number of benzene rings is 4. The third-order valence-corrected chi connectivity index (χ3v) is 9.37. The maximum Gasteiger partial charge on any atom is 0.573 e. The molecule has 0 saturated carbocycles. The van der Waals surface area contributed by atoms with E-state index in [0.29, 0.717) is 35.5 Å². The molecule has 0 aliphatic carbocycles. The lowest BCUT2D eigenvalue weighted by atomic mass is 9.85. The molecule has 49 heavy (non-hydrogen) atoms. The number of nitrogens with one attached hydrogen (secondary N) is 2. The van der Waals surface area contributed by atoms with E-state index in [4.69, 9.17) is 19.6 Å². The SMILES string of the molecule is O=C(NNCc1ccc(OC(F)(F)F)cc1)[C@@]1(CCS(=O)(=O)c2ccccc2)N=C(c2ccc(OCCCO)cc2)O[C@H]1c1ccccc1. The number of rotatable bonds is 15. The average Bonchev–Trinajstić information content (AvgIpc) is 3.50. The second-order valence-corrected chi connectivity index (χ2v) is 13.2. The molecular formula is C35H34F3N3O7S. The summed E-state index contributed by atoms with van der Waals surface area (Å²) in [6.07, 6.45) is -5.65. The largest absolute Gasteiger partial charge is 0.573 e. The molecule has 5 rings (SSSR count). The van der Waals surface area contributed by atoms with Crippen molar-refractivity contribution in [3.8, 4) is 11.5 Å². The second-order valence-electron chi connectivity index (χ2n) is 11.1. The molecule has 1 heterocycles. The lowest BCUT2D eigenvalue weighted by molar-refractivity contribution is -0.274.